The van der Waals surface area contributed by atoms with Crippen LogP contribution in [0, 0.1) is 10.1 Å². The lowest BCUT2D eigenvalue weighted by Gasteiger charge is -2.16. The molecular weight excluding hydrogens is 429 g/mol. The van der Waals surface area contributed by atoms with Gasteiger partial charge in [0, 0.05) is 11.1 Å². The number of anilines is 1. The number of methoxy groups -OCH3 is 1. The van der Waals surface area contributed by atoms with E-state index in [2.05, 4.69) is 4.74 Å². The first-order valence-corrected chi connectivity index (χ1v) is 9.13. The fourth-order valence-electron chi connectivity index (χ4n) is 2.06. The molecule has 1 N–H and O–H groups in total. The van der Waals surface area contributed by atoms with E-state index in [9.17, 15) is 31.7 Å². The Bertz CT molecular complexity index is 998. The van der Waals surface area contributed by atoms with Crippen LogP contribution in [0.1, 0.15) is 0 Å². The first kappa shape index (κ1) is 21.6. The highest BCUT2D eigenvalue weighted by Crippen LogP contribution is 2.34. The maximum atomic E-state index is 12.6. The Morgan fingerprint density at radius 2 is 1.86 bits per heavy atom. The summed E-state index contributed by atoms with van der Waals surface area (Å²) in [4.78, 5) is 9.60. The fourth-order valence-corrected chi connectivity index (χ4v) is 3.44. The summed E-state index contributed by atoms with van der Waals surface area (Å²) in [6, 6.07) is 6.11. The van der Waals surface area contributed by atoms with Gasteiger partial charge in [0.15, 0.2) is 6.61 Å². The number of halogens is 4. The van der Waals surface area contributed by atoms with Crippen LogP contribution in [-0.2, 0) is 10.0 Å². The molecule has 0 saturated carbocycles. The number of ether oxygens (including phenoxy) is 2. The lowest BCUT2D eigenvalue weighted by atomic mass is 10.3. The van der Waals surface area contributed by atoms with Crippen molar-refractivity contribution in [1.29, 1.82) is 0 Å². The van der Waals surface area contributed by atoms with Crippen molar-refractivity contribution in [3.8, 4) is 11.5 Å². The summed E-state index contributed by atoms with van der Waals surface area (Å²) in [5.41, 5.74) is -0.759. The Balaban J connectivity index is 2.42. The first-order chi connectivity index (χ1) is 12.9. The summed E-state index contributed by atoms with van der Waals surface area (Å²) in [5.74, 6) is -0.743. The van der Waals surface area contributed by atoms with Crippen LogP contribution in [0.4, 0.5) is 24.5 Å². The largest absolute Gasteiger partial charge is 0.495 e. The van der Waals surface area contributed by atoms with E-state index in [1.165, 1.54) is 6.07 Å². The summed E-state index contributed by atoms with van der Waals surface area (Å²) >= 11 is 5.78. The maximum Gasteiger partial charge on any atom is 0.422 e. The molecule has 0 spiro atoms. The molecule has 0 atom stereocenters. The summed E-state index contributed by atoms with van der Waals surface area (Å²) < 4.78 is 74.0. The van der Waals surface area contributed by atoms with Gasteiger partial charge in [-0.25, -0.2) is 8.42 Å². The number of hydrogen-bond donors (Lipinski definition) is 1. The van der Waals surface area contributed by atoms with Crippen LogP contribution in [0.25, 0.3) is 0 Å². The number of hydrogen-bond acceptors (Lipinski definition) is 6. The van der Waals surface area contributed by atoms with Gasteiger partial charge in [0.2, 0.25) is 0 Å². The Morgan fingerprint density at radius 1 is 1.18 bits per heavy atom. The summed E-state index contributed by atoms with van der Waals surface area (Å²) in [6.45, 7) is -1.65. The molecule has 0 unspecified atom stereocenters. The number of nitro groups is 1. The van der Waals surface area contributed by atoms with E-state index in [1.807, 2.05) is 4.72 Å². The van der Waals surface area contributed by atoms with Crippen molar-refractivity contribution in [2.75, 3.05) is 18.4 Å². The Morgan fingerprint density at radius 3 is 2.43 bits per heavy atom. The van der Waals surface area contributed by atoms with Gasteiger partial charge < -0.3 is 9.47 Å². The molecule has 0 fully saturated rings. The first-order valence-electron chi connectivity index (χ1n) is 7.27. The fraction of sp³-hybridized carbons (Fsp3) is 0.200. The van der Waals surface area contributed by atoms with Crippen molar-refractivity contribution in [3.05, 3.63) is 51.5 Å². The van der Waals surface area contributed by atoms with Crippen LogP contribution in [0.15, 0.2) is 41.3 Å². The second-order valence-electron chi connectivity index (χ2n) is 5.24. The van der Waals surface area contributed by atoms with Gasteiger partial charge >= 0.3 is 6.18 Å². The third-order valence-corrected chi connectivity index (χ3v) is 4.86. The molecule has 13 heteroatoms. The molecule has 152 valence electrons. The Labute approximate surface area is 162 Å². The monoisotopic (exact) mass is 440 g/mol. The van der Waals surface area contributed by atoms with Crippen LogP contribution < -0.4 is 14.2 Å². The number of rotatable bonds is 7. The van der Waals surface area contributed by atoms with E-state index in [0.29, 0.717) is 0 Å². The number of nitrogens with one attached hydrogen (secondary N) is 1. The normalized spacial score (nSPS) is 11.8. The van der Waals surface area contributed by atoms with Crippen molar-refractivity contribution in [1.82, 2.24) is 0 Å². The van der Waals surface area contributed by atoms with Crippen molar-refractivity contribution >= 4 is 33.0 Å². The number of benzene rings is 2. The molecule has 2 rings (SSSR count). The molecule has 0 radical (unpaired) electrons. The lowest BCUT2D eigenvalue weighted by Crippen LogP contribution is -2.20. The zero-order valence-corrected chi connectivity index (χ0v) is 15.6. The lowest BCUT2D eigenvalue weighted by molar-refractivity contribution is -0.385. The maximum absolute atomic E-state index is 12.6. The molecule has 0 aliphatic carbocycles. The van der Waals surface area contributed by atoms with Crippen LogP contribution in [0.3, 0.4) is 0 Å². The number of nitrogens with zero attached hydrogens (tertiary/aromatic N) is 1. The minimum Gasteiger partial charge on any atom is -0.495 e. The third-order valence-electron chi connectivity index (χ3n) is 3.22. The molecule has 0 saturated heterocycles. The van der Waals surface area contributed by atoms with E-state index >= 15 is 0 Å². The predicted molar refractivity (Wildman–Crippen MR) is 93.5 cm³/mol. The van der Waals surface area contributed by atoms with Gasteiger partial charge in [-0.15, -0.1) is 0 Å². The smallest absolute Gasteiger partial charge is 0.422 e. The standard InChI is InChI=1S/C15H12ClF3N2O6S/c1-26-13-7-10(21(22)23)3-5-14(13)28(24,25)20-11-6-9(16)2-4-12(11)27-8-15(17,18)19/h2-7,20H,8H2,1H3. The minimum absolute atomic E-state index is 0.0349. The van der Waals surface area contributed by atoms with Crippen LogP contribution in [-0.4, -0.2) is 33.2 Å². The van der Waals surface area contributed by atoms with Crippen molar-refractivity contribution in [3.63, 3.8) is 0 Å². The van der Waals surface area contributed by atoms with Crippen LogP contribution in [0.2, 0.25) is 5.02 Å². The summed E-state index contributed by atoms with van der Waals surface area (Å²) in [6.07, 6.45) is -4.64. The molecular formula is C15H12ClF3N2O6S. The van der Waals surface area contributed by atoms with Gasteiger partial charge in [-0.05, 0) is 24.3 Å². The zero-order valence-electron chi connectivity index (χ0n) is 14.0. The summed E-state index contributed by atoms with van der Waals surface area (Å²) in [7, 11) is -3.30. The van der Waals surface area contributed by atoms with Gasteiger partial charge in [0.1, 0.15) is 16.4 Å². The van der Waals surface area contributed by atoms with E-state index < -0.39 is 44.1 Å². The molecule has 0 aromatic heterocycles. The van der Waals surface area contributed by atoms with E-state index in [1.54, 1.807) is 0 Å². The average Bonchev–Trinajstić information content (AvgIpc) is 2.59. The second-order valence-corrected chi connectivity index (χ2v) is 7.33. The average molecular weight is 441 g/mol. The van der Waals surface area contributed by atoms with E-state index in [-0.39, 0.29) is 16.5 Å². The predicted octanol–water partition coefficient (Wildman–Crippen LogP) is 4.00. The highest BCUT2D eigenvalue weighted by atomic mass is 35.5. The Hall–Kier alpha value is -2.73. The van der Waals surface area contributed by atoms with Crippen LogP contribution >= 0.6 is 11.6 Å². The highest BCUT2D eigenvalue weighted by Gasteiger charge is 2.29. The zero-order chi connectivity index (χ0) is 21.1. The van der Waals surface area contributed by atoms with Gasteiger partial charge in [-0.1, -0.05) is 11.6 Å². The van der Waals surface area contributed by atoms with Gasteiger partial charge in [0.05, 0.1) is 23.8 Å². The second kappa shape index (κ2) is 8.10. The molecule has 8 nitrogen and oxygen atoms in total. The molecule has 0 aliphatic heterocycles. The molecule has 2 aromatic rings. The third kappa shape index (κ3) is 5.39. The van der Waals surface area contributed by atoms with Crippen molar-refractivity contribution in [2.24, 2.45) is 0 Å². The topological polar surface area (TPSA) is 108 Å². The van der Waals surface area contributed by atoms with E-state index in [4.69, 9.17) is 16.3 Å². The SMILES string of the molecule is COc1cc([N+](=O)[O-])ccc1S(=O)(=O)Nc1cc(Cl)ccc1OCC(F)(F)F. The minimum atomic E-state index is -4.64. The molecule has 28 heavy (non-hydrogen) atoms. The van der Waals surface area contributed by atoms with Gasteiger partial charge in [-0.3, -0.25) is 14.8 Å². The Kier molecular flexibility index (Phi) is 6.24. The molecule has 0 bridgehead atoms. The molecule has 0 heterocycles. The molecule has 0 amide bonds. The highest BCUT2D eigenvalue weighted by molar-refractivity contribution is 7.92. The number of alkyl halides is 3. The molecule has 0 aliphatic rings. The molecule has 2 aromatic carbocycles. The van der Waals surface area contributed by atoms with E-state index in [0.717, 1.165) is 37.4 Å². The number of non-ortho nitro benzene ring substituents is 1. The van der Waals surface area contributed by atoms with Crippen molar-refractivity contribution < 1.29 is 36.0 Å². The number of sulfonamides is 1. The van der Waals surface area contributed by atoms with Gasteiger partial charge in [-0.2, -0.15) is 13.2 Å². The summed E-state index contributed by atoms with van der Waals surface area (Å²) in [5, 5.41) is 10.9. The van der Waals surface area contributed by atoms with Gasteiger partial charge in [0.25, 0.3) is 15.7 Å². The number of nitro benzene ring substituents is 1. The quantitative estimate of drug-likeness (QED) is 0.515. The van der Waals surface area contributed by atoms with Crippen molar-refractivity contribution in [2.45, 2.75) is 11.1 Å². The van der Waals surface area contributed by atoms with Crippen LogP contribution in [0.5, 0.6) is 11.5 Å².